The Hall–Kier alpha value is -3.16. The van der Waals surface area contributed by atoms with Crippen molar-refractivity contribution in [1.82, 2.24) is 9.97 Å². The molecule has 5 rings (SSSR count). The molecular formula is C21H14ClN3O3S. The van der Waals surface area contributed by atoms with Gasteiger partial charge in [-0.3, -0.25) is 14.7 Å². The molecule has 8 heteroatoms. The number of carbonyl (C=O) groups is 1. The smallest absolute Gasteiger partial charge is 0.260 e. The van der Waals surface area contributed by atoms with Crippen LogP contribution in [0.3, 0.4) is 0 Å². The third-order valence-corrected chi connectivity index (χ3v) is 5.80. The maximum absolute atomic E-state index is 13.3. The molecule has 144 valence electrons. The van der Waals surface area contributed by atoms with Gasteiger partial charge in [-0.1, -0.05) is 29.0 Å². The number of rotatable bonds is 4. The van der Waals surface area contributed by atoms with Crippen molar-refractivity contribution < 1.29 is 14.3 Å². The number of anilines is 1. The Morgan fingerprint density at radius 3 is 2.69 bits per heavy atom. The summed E-state index contributed by atoms with van der Waals surface area (Å²) in [7, 11) is 0. The van der Waals surface area contributed by atoms with Crippen LogP contribution in [-0.4, -0.2) is 22.7 Å². The van der Waals surface area contributed by atoms with Crippen molar-refractivity contribution in [3.63, 3.8) is 0 Å². The van der Waals surface area contributed by atoms with Gasteiger partial charge in [0.25, 0.3) is 5.91 Å². The van der Waals surface area contributed by atoms with E-state index in [0.717, 1.165) is 15.8 Å². The van der Waals surface area contributed by atoms with Crippen molar-refractivity contribution >= 4 is 44.2 Å². The van der Waals surface area contributed by atoms with Gasteiger partial charge in [0.1, 0.15) is 0 Å². The summed E-state index contributed by atoms with van der Waals surface area (Å²) in [6, 6.07) is 14.3. The molecule has 1 aliphatic heterocycles. The average molecular weight is 424 g/mol. The number of benzene rings is 2. The molecule has 6 nitrogen and oxygen atoms in total. The van der Waals surface area contributed by atoms with E-state index in [1.807, 2.05) is 24.3 Å². The van der Waals surface area contributed by atoms with Crippen LogP contribution >= 0.6 is 22.9 Å². The first-order valence-corrected chi connectivity index (χ1v) is 10.0. The van der Waals surface area contributed by atoms with Crippen LogP contribution in [0.2, 0.25) is 5.02 Å². The van der Waals surface area contributed by atoms with Crippen molar-refractivity contribution in [2.45, 2.75) is 6.54 Å². The van der Waals surface area contributed by atoms with E-state index >= 15 is 0 Å². The standard InChI is InChI=1S/C21H14ClN3O3S/c22-15-5-3-14(4-6-15)20(26)25(11-13-2-1-7-23-10-13)21-24-16-8-17-18(28-12-27-17)9-19(16)29-21/h1-10H,11-12H2. The second kappa shape index (κ2) is 7.35. The van der Waals surface area contributed by atoms with E-state index < -0.39 is 0 Å². The largest absolute Gasteiger partial charge is 0.454 e. The summed E-state index contributed by atoms with van der Waals surface area (Å²) in [5.41, 5.74) is 2.20. The SMILES string of the molecule is O=C(c1ccc(Cl)cc1)N(Cc1cccnc1)c1nc2cc3c(cc2s1)OCO3. The Kier molecular flexibility index (Phi) is 4.54. The molecule has 0 bridgehead atoms. The number of thiazole rings is 1. The Labute approximate surface area is 175 Å². The van der Waals surface area contributed by atoms with Gasteiger partial charge in [0.2, 0.25) is 6.79 Å². The fourth-order valence-electron chi connectivity index (χ4n) is 3.07. The van der Waals surface area contributed by atoms with E-state index in [1.165, 1.54) is 11.3 Å². The number of pyridine rings is 1. The van der Waals surface area contributed by atoms with Crippen molar-refractivity contribution in [1.29, 1.82) is 0 Å². The molecule has 0 N–H and O–H groups in total. The van der Waals surface area contributed by atoms with Crippen molar-refractivity contribution in [2.24, 2.45) is 0 Å². The summed E-state index contributed by atoms with van der Waals surface area (Å²) < 4.78 is 11.8. The second-order valence-corrected chi connectivity index (χ2v) is 7.87. The summed E-state index contributed by atoms with van der Waals surface area (Å²) in [6.07, 6.45) is 3.44. The first kappa shape index (κ1) is 17.9. The topological polar surface area (TPSA) is 64.6 Å². The van der Waals surface area contributed by atoms with Crippen LogP contribution in [0.1, 0.15) is 15.9 Å². The molecule has 0 spiro atoms. The normalized spacial score (nSPS) is 12.3. The fraction of sp³-hybridized carbons (Fsp3) is 0.0952. The first-order chi connectivity index (χ1) is 14.2. The van der Waals surface area contributed by atoms with Crippen molar-refractivity contribution in [3.8, 4) is 11.5 Å². The number of carbonyl (C=O) groups excluding carboxylic acids is 1. The lowest BCUT2D eigenvalue weighted by Gasteiger charge is -2.20. The third kappa shape index (κ3) is 3.50. The van der Waals surface area contributed by atoms with Crippen LogP contribution in [0, 0.1) is 0 Å². The summed E-state index contributed by atoms with van der Waals surface area (Å²) in [4.78, 5) is 23.8. The van der Waals surface area contributed by atoms with Crippen molar-refractivity contribution in [2.75, 3.05) is 11.7 Å². The highest BCUT2D eigenvalue weighted by molar-refractivity contribution is 7.22. The zero-order chi connectivity index (χ0) is 19.8. The number of halogens is 1. The van der Waals surface area contributed by atoms with Crippen LogP contribution in [0.4, 0.5) is 5.13 Å². The van der Waals surface area contributed by atoms with Gasteiger partial charge >= 0.3 is 0 Å². The highest BCUT2D eigenvalue weighted by Gasteiger charge is 2.23. The maximum atomic E-state index is 13.3. The molecule has 3 heterocycles. The molecule has 2 aromatic carbocycles. The molecule has 0 atom stereocenters. The number of fused-ring (bicyclic) bond motifs is 2. The molecule has 29 heavy (non-hydrogen) atoms. The highest BCUT2D eigenvalue weighted by Crippen LogP contribution is 2.40. The lowest BCUT2D eigenvalue weighted by Crippen LogP contribution is -2.30. The minimum Gasteiger partial charge on any atom is -0.454 e. The molecular weight excluding hydrogens is 410 g/mol. The van der Waals surface area contributed by atoms with E-state index in [0.29, 0.717) is 33.8 Å². The Morgan fingerprint density at radius 2 is 1.93 bits per heavy atom. The molecule has 0 aliphatic carbocycles. The summed E-state index contributed by atoms with van der Waals surface area (Å²) in [5, 5.41) is 1.17. The molecule has 0 unspecified atom stereocenters. The average Bonchev–Trinajstić information content (AvgIpc) is 3.36. The number of aromatic nitrogens is 2. The zero-order valence-corrected chi connectivity index (χ0v) is 16.6. The molecule has 0 saturated heterocycles. The highest BCUT2D eigenvalue weighted by atomic mass is 35.5. The minimum atomic E-state index is -0.162. The van der Waals surface area contributed by atoms with E-state index in [4.69, 9.17) is 26.1 Å². The van der Waals surface area contributed by atoms with Crippen LogP contribution in [0.5, 0.6) is 11.5 Å². The monoisotopic (exact) mass is 423 g/mol. The van der Waals surface area contributed by atoms with Gasteiger partial charge in [-0.05, 0) is 35.9 Å². The zero-order valence-electron chi connectivity index (χ0n) is 15.0. The Morgan fingerprint density at radius 1 is 1.14 bits per heavy atom. The van der Waals surface area contributed by atoms with Gasteiger partial charge in [-0.2, -0.15) is 0 Å². The third-order valence-electron chi connectivity index (χ3n) is 4.50. The maximum Gasteiger partial charge on any atom is 0.260 e. The fourth-order valence-corrected chi connectivity index (χ4v) is 4.17. The number of amides is 1. The Bertz CT molecular complexity index is 1150. The lowest BCUT2D eigenvalue weighted by atomic mass is 10.2. The van der Waals surface area contributed by atoms with Gasteiger partial charge in [-0.25, -0.2) is 4.98 Å². The van der Waals surface area contributed by atoms with Crippen LogP contribution in [-0.2, 0) is 6.54 Å². The molecule has 0 radical (unpaired) electrons. The van der Waals surface area contributed by atoms with E-state index in [1.54, 1.807) is 41.6 Å². The van der Waals surface area contributed by atoms with Crippen LogP contribution < -0.4 is 14.4 Å². The van der Waals surface area contributed by atoms with E-state index in [9.17, 15) is 4.79 Å². The predicted molar refractivity (Wildman–Crippen MR) is 112 cm³/mol. The molecule has 4 aromatic rings. The lowest BCUT2D eigenvalue weighted by molar-refractivity contribution is 0.0985. The molecule has 1 aliphatic rings. The van der Waals surface area contributed by atoms with Crippen molar-refractivity contribution in [3.05, 3.63) is 77.1 Å². The number of nitrogens with zero attached hydrogens (tertiary/aromatic N) is 3. The summed E-state index contributed by atoms with van der Waals surface area (Å²) in [5.74, 6) is 1.19. The van der Waals surface area contributed by atoms with Gasteiger partial charge in [-0.15, -0.1) is 0 Å². The van der Waals surface area contributed by atoms with Gasteiger partial charge in [0.15, 0.2) is 16.6 Å². The molecule has 2 aromatic heterocycles. The second-order valence-electron chi connectivity index (χ2n) is 6.43. The van der Waals surface area contributed by atoms with E-state index in [-0.39, 0.29) is 12.7 Å². The quantitative estimate of drug-likeness (QED) is 0.466. The Balaban J connectivity index is 1.56. The number of hydrogen-bond acceptors (Lipinski definition) is 6. The summed E-state index contributed by atoms with van der Waals surface area (Å²) >= 11 is 7.41. The van der Waals surface area contributed by atoms with E-state index in [2.05, 4.69) is 4.98 Å². The van der Waals surface area contributed by atoms with Crippen LogP contribution in [0.25, 0.3) is 10.2 Å². The number of ether oxygens (including phenoxy) is 2. The van der Waals surface area contributed by atoms with Gasteiger partial charge in [0, 0.05) is 35.1 Å². The molecule has 0 saturated carbocycles. The first-order valence-electron chi connectivity index (χ1n) is 8.84. The summed E-state index contributed by atoms with van der Waals surface area (Å²) in [6.45, 7) is 0.559. The van der Waals surface area contributed by atoms with Gasteiger partial charge < -0.3 is 9.47 Å². The molecule has 1 amide bonds. The predicted octanol–water partition coefficient (Wildman–Crippen LogP) is 4.92. The van der Waals surface area contributed by atoms with Gasteiger partial charge in [0.05, 0.1) is 16.8 Å². The molecule has 0 fully saturated rings. The minimum absolute atomic E-state index is 0.162. The van der Waals surface area contributed by atoms with Crippen LogP contribution in [0.15, 0.2) is 60.9 Å². The number of hydrogen-bond donors (Lipinski definition) is 0.